The number of phenolic OH excluding ortho intramolecular Hbond substituents is 2. The van der Waals surface area contributed by atoms with Crippen LogP contribution in [0.15, 0.2) is 68.5 Å². The van der Waals surface area contributed by atoms with Crippen molar-refractivity contribution in [1.29, 1.82) is 0 Å². The molecule has 0 amide bonds. The van der Waals surface area contributed by atoms with E-state index in [1.54, 1.807) is 0 Å². The summed E-state index contributed by atoms with van der Waals surface area (Å²) >= 11 is 1.02. The number of phenols is 2. The summed E-state index contributed by atoms with van der Waals surface area (Å²) in [6, 6.07) is 12.2. The molecule has 0 atom stereocenters. The van der Waals surface area contributed by atoms with Crippen molar-refractivity contribution in [3.63, 3.8) is 0 Å². The lowest BCUT2D eigenvalue weighted by atomic mass is 10.0. The molecule has 11 nitrogen and oxygen atoms in total. The summed E-state index contributed by atoms with van der Waals surface area (Å²) in [5.74, 6) is -0.130. The fourth-order valence-electron chi connectivity index (χ4n) is 2.57. The van der Waals surface area contributed by atoms with Crippen molar-refractivity contribution in [1.82, 2.24) is 19.1 Å². The first-order valence-corrected chi connectivity index (χ1v) is 9.28. The van der Waals surface area contributed by atoms with Gasteiger partial charge >= 0.3 is 0 Å². The lowest BCUT2D eigenvalue weighted by Crippen LogP contribution is -2.06. The topological polar surface area (TPSA) is 168 Å². The number of hydrogen-bond donors (Lipinski definition) is 3. The first-order chi connectivity index (χ1) is 14.6. The van der Waals surface area contributed by atoms with Crippen LogP contribution in [0.5, 0.6) is 11.5 Å². The van der Waals surface area contributed by atoms with Crippen LogP contribution in [0.3, 0.4) is 0 Å². The number of nitrogens with zero attached hydrogens (tertiary/aromatic N) is 7. The average Bonchev–Trinajstić information content (AvgIpc) is 3.39. The van der Waals surface area contributed by atoms with E-state index in [2.05, 4.69) is 38.9 Å². The van der Waals surface area contributed by atoms with E-state index in [4.69, 9.17) is 5.73 Å². The van der Waals surface area contributed by atoms with Gasteiger partial charge in [0.1, 0.15) is 17.2 Å². The van der Waals surface area contributed by atoms with Gasteiger partial charge in [-0.25, -0.2) is 9.62 Å². The lowest BCUT2D eigenvalue weighted by molar-refractivity contribution is 0.310. The van der Waals surface area contributed by atoms with E-state index in [1.807, 2.05) is 30.3 Å². The molecule has 2 aromatic carbocycles. The molecule has 150 valence electrons. The van der Waals surface area contributed by atoms with Crippen molar-refractivity contribution in [2.45, 2.75) is 6.42 Å². The smallest absolute Gasteiger partial charge is 0.261 e. The fourth-order valence-corrected chi connectivity index (χ4v) is 2.93. The van der Waals surface area contributed by atoms with Crippen LogP contribution in [0.4, 0.5) is 23.1 Å². The van der Waals surface area contributed by atoms with Crippen LogP contribution >= 0.6 is 11.7 Å². The summed E-state index contributed by atoms with van der Waals surface area (Å²) in [7, 11) is 0. The van der Waals surface area contributed by atoms with Crippen molar-refractivity contribution in [3.05, 3.63) is 59.8 Å². The Labute approximate surface area is 173 Å². The van der Waals surface area contributed by atoms with Crippen LogP contribution in [0.1, 0.15) is 11.1 Å². The molecule has 2 heterocycles. The van der Waals surface area contributed by atoms with Gasteiger partial charge in [-0.3, -0.25) is 0 Å². The second-order valence-corrected chi connectivity index (χ2v) is 6.57. The van der Waals surface area contributed by atoms with Gasteiger partial charge in [0.2, 0.25) is 5.82 Å². The zero-order chi connectivity index (χ0) is 20.9. The van der Waals surface area contributed by atoms with Crippen LogP contribution < -0.4 is 5.73 Å². The van der Waals surface area contributed by atoms with Crippen molar-refractivity contribution >= 4 is 40.6 Å². The van der Waals surface area contributed by atoms with Gasteiger partial charge in [0.05, 0.1) is 23.6 Å². The molecule has 0 saturated carbocycles. The highest BCUT2D eigenvalue weighted by molar-refractivity contribution is 6.99. The largest absolute Gasteiger partial charge is 0.507 e. The summed E-state index contributed by atoms with van der Waals surface area (Å²) in [6.07, 6.45) is 1.92. The molecule has 0 spiro atoms. The quantitative estimate of drug-likeness (QED) is 0.312. The molecular weight excluding hydrogens is 408 g/mol. The van der Waals surface area contributed by atoms with Gasteiger partial charge in [-0.15, -0.1) is 10.2 Å². The Hall–Kier alpha value is -4.19. The normalized spacial score (nSPS) is 11.9. The molecule has 0 unspecified atom stereocenters. The maximum Gasteiger partial charge on any atom is 0.261 e. The molecule has 30 heavy (non-hydrogen) atoms. The minimum atomic E-state index is -0.288. The van der Waals surface area contributed by atoms with E-state index in [9.17, 15) is 10.2 Å². The molecule has 0 saturated heterocycles. The number of nitrogens with two attached hydrogens (primary N) is 1. The second kappa shape index (κ2) is 8.45. The third-order valence-corrected chi connectivity index (χ3v) is 4.43. The Bertz CT molecular complexity index is 1210. The Kier molecular flexibility index (Phi) is 5.39. The number of hydrogen-bond acceptors (Lipinski definition) is 12. The van der Waals surface area contributed by atoms with Gasteiger partial charge in [0, 0.05) is 18.1 Å². The third-order valence-electron chi connectivity index (χ3n) is 3.97. The van der Waals surface area contributed by atoms with Crippen molar-refractivity contribution in [2.75, 3.05) is 5.73 Å². The molecule has 2 aromatic heterocycles. The third kappa shape index (κ3) is 4.28. The molecule has 0 fully saturated rings. The number of aromatic hydroxyl groups is 2. The highest BCUT2D eigenvalue weighted by Crippen LogP contribution is 2.36. The van der Waals surface area contributed by atoms with Crippen LogP contribution in [0.2, 0.25) is 0 Å². The summed E-state index contributed by atoms with van der Waals surface area (Å²) in [5.41, 5.74) is 7.45. The van der Waals surface area contributed by atoms with E-state index in [0.717, 1.165) is 23.4 Å². The van der Waals surface area contributed by atoms with Gasteiger partial charge in [-0.2, -0.15) is 8.75 Å². The van der Waals surface area contributed by atoms with Crippen LogP contribution in [0.25, 0.3) is 0 Å². The molecule has 0 aliphatic heterocycles. The van der Waals surface area contributed by atoms with Crippen LogP contribution in [-0.2, 0) is 6.42 Å². The van der Waals surface area contributed by atoms with Gasteiger partial charge in [0.15, 0.2) is 5.82 Å². The number of aromatic nitrogens is 4. The maximum absolute atomic E-state index is 10.5. The first kappa shape index (κ1) is 19.1. The van der Waals surface area contributed by atoms with Crippen molar-refractivity contribution in [3.8, 4) is 11.5 Å². The summed E-state index contributed by atoms with van der Waals surface area (Å²) < 4.78 is 12.5. The highest BCUT2D eigenvalue weighted by Gasteiger charge is 2.16. The Morgan fingerprint density at radius 1 is 1.07 bits per heavy atom. The minimum absolute atomic E-state index is 0.0317. The molecule has 4 aromatic rings. The van der Waals surface area contributed by atoms with E-state index >= 15 is 0 Å². The number of nitrogen functional groups attached to an aromatic ring is 1. The van der Waals surface area contributed by atoms with E-state index in [0.29, 0.717) is 23.5 Å². The predicted octanol–water partition coefficient (Wildman–Crippen LogP) is 3.69. The standard InChI is InChI=1S/C18H14N8O3S/c19-17-18(25-29-24-17)23-22-13-7-11(14(27)8-15(13)28)12(21-16-9-20-30-26-16)6-10-4-2-1-3-5-10/h1-5,7-9,27-28H,6H2,(H2,19,24). The zero-order valence-corrected chi connectivity index (χ0v) is 16.1. The summed E-state index contributed by atoms with van der Waals surface area (Å²) in [6.45, 7) is 0. The number of benzene rings is 2. The molecule has 0 aliphatic carbocycles. The SMILES string of the molecule is Nc1nonc1N=Nc1cc(C(Cc2ccccc2)=Nc2cnsn2)c(O)cc1O. The molecular formula is C18H14N8O3S. The van der Waals surface area contributed by atoms with Gasteiger partial charge in [-0.1, -0.05) is 30.3 Å². The van der Waals surface area contributed by atoms with Crippen LogP contribution in [0, 0.1) is 0 Å². The molecule has 0 aliphatic rings. The fraction of sp³-hybridized carbons (Fsp3) is 0.0556. The second-order valence-electron chi connectivity index (χ2n) is 6.02. The highest BCUT2D eigenvalue weighted by atomic mass is 32.1. The van der Waals surface area contributed by atoms with Gasteiger partial charge in [0.25, 0.3) is 5.82 Å². The monoisotopic (exact) mass is 422 g/mol. The first-order valence-electron chi connectivity index (χ1n) is 8.55. The minimum Gasteiger partial charge on any atom is -0.507 e. The molecule has 0 radical (unpaired) electrons. The van der Waals surface area contributed by atoms with Crippen molar-refractivity contribution in [2.24, 2.45) is 15.2 Å². The molecule has 4 rings (SSSR count). The number of aliphatic imine (C=N–C) groups is 1. The molecule has 0 bridgehead atoms. The summed E-state index contributed by atoms with van der Waals surface area (Å²) in [4.78, 5) is 4.52. The zero-order valence-electron chi connectivity index (χ0n) is 15.2. The number of anilines is 1. The van der Waals surface area contributed by atoms with Crippen LogP contribution in [-0.4, -0.2) is 35.0 Å². The Morgan fingerprint density at radius 3 is 2.60 bits per heavy atom. The van der Waals surface area contributed by atoms with Crippen molar-refractivity contribution < 1.29 is 14.8 Å². The maximum atomic E-state index is 10.5. The lowest BCUT2D eigenvalue weighted by Gasteiger charge is -2.10. The van der Waals surface area contributed by atoms with E-state index in [1.165, 1.54) is 12.3 Å². The van der Waals surface area contributed by atoms with E-state index < -0.39 is 0 Å². The Balaban J connectivity index is 1.76. The van der Waals surface area contributed by atoms with Gasteiger partial charge in [-0.05, 0) is 21.9 Å². The van der Waals surface area contributed by atoms with E-state index in [-0.39, 0.29) is 28.8 Å². The van der Waals surface area contributed by atoms with Gasteiger partial charge < -0.3 is 15.9 Å². The predicted molar refractivity (Wildman–Crippen MR) is 109 cm³/mol. The number of azo groups is 1. The number of rotatable bonds is 6. The Morgan fingerprint density at radius 2 is 1.90 bits per heavy atom. The molecule has 4 N–H and O–H groups in total. The molecule has 12 heteroatoms. The average molecular weight is 422 g/mol. The summed E-state index contributed by atoms with van der Waals surface area (Å²) in [5, 5.41) is 35.3.